The zero-order valence-corrected chi connectivity index (χ0v) is 9.10. The van der Waals surface area contributed by atoms with E-state index in [0.717, 1.165) is 0 Å². The van der Waals surface area contributed by atoms with Crippen LogP contribution in [0.2, 0.25) is 0 Å². The highest BCUT2D eigenvalue weighted by molar-refractivity contribution is 9.10. The quantitative estimate of drug-likeness (QED) is 0.657. The Morgan fingerprint density at radius 3 is 2.86 bits per heavy atom. The van der Waals surface area contributed by atoms with Crippen LogP contribution >= 0.6 is 15.9 Å². The minimum atomic E-state index is -0.643. The molecular weight excluding hydrogens is 253 g/mol. The number of anilines is 1. The lowest BCUT2D eigenvalue weighted by atomic mass is 10.2. The van der Waals surface area contributed by atoms with Gasteiger partial charge >= 0.3 is 5.97 Å². The number of ether oxygens (including phenoxy) is 1. The minimum Gasteiger partial charge on any atom is -0.462 e. The fraction of sp³-hybridized carbons (Fsp3) is 0.222. The second kappa shape index (κ2) is 4.41. The van der Waals surface area contributed by atoms with E-state index in [1.807, 2.05) is 0 Å². The minimum absolute atomic E-state index is 0.00933. The molecule has 0 saturated heterocycles. The lowest BCUT2D eigenvalue weighted by Gasteiger charge is -2.06. The van der Waals surface area contributed by atoms with Crippen LogP contribution in [-0.4, -0.2) is 12.6 Å². The van der Waals surface area contributed by atoms with Gasteiger partial charge in [0.2, 0.25) is 0 Å². The van der Waals surface area contributed by atoms with Crippen LogP contribution in [0.5, 0.6) is 0 Å². The predicted molar refractivity (Wildman–Crippen MR) is 54.5 cm³/mol. The first-order chi connectivity index (χ1) is 6.57. The summed E-state index contributed by atoms with van der Waals surface area (Å²) in [6.45, 7) is 1.93. The molecule has 1 aromatic rings. The molecule has 0 aromatic heterocycles. The van der Waals surface area contributed by atoms with Crippen molar-refractivity contribution in [1.29, 1.82) is 0 Å². The molecule has 0 amide bonds. The van der Waals surface area contributed by atoms with E-state index in [2.05, 4.69) is 15.9 Å². The number of hydrogen-bond donors (Lipinski definition) is 1. The van der Waals surface area contributed by atoms with Crippen LogP contribution in [0.3, 0.4) is 0 Å². The molecule has 2 N–H and O–H groups in total. The van der Waals surface area contributed by atoms with Gasteiger partial charge in [0.15, 0.2) is 5.82 Å². The third-order valence-corrected chi connectivity index (χ3v) is 2.38. The predicted octanol–water partition coefficient (Wildman–Crippen LogP) is 2.35. The average molecular weight is 262 g/mol. The highest BCUT2D eigenvalue weighted by atomic mass is 79.9. The summed E-state index contributed by atoms with van der Waals surface area (Å²) in [6.07, 6.45) is 0. The van der Waals surface area contributed by atoms with E-state index in [-0.39, 0.29) is 22.3 Å². The molecule has 0 radical (unpaired) electrons. The van der Waals surface area contributed by atoms with Crippen LogP contribution in [-0.2, 0) is 4.74 Å². The molecule has 1 aromatic carbocycles. The first kappa shape index (κ1) is 11.0. The zero-order chi connectivity index (χ0) is 10.7. The van der Waals surface area contributed by atoms with Gasteiger partial charge in [0.05, 0.1) is 22.3 Å². The largest absolute Gasteiger partial charge is 0.462 e. The Morgan fingerprint density at radius 2 is 2.29 bits per heavy atom. The lowest BCUT2D eigenvalue weighted by molar-refractivity contribution is 0.0524. The molecule has 1 rings (SSSR count). The van der Waals surface area contributed by atoms with Crippen LogP contribution in [0.4, 0.5) is 10.1 Å². The Morgan fingerprint density at radius 1 is 1.64 bits per heavy atom. The van der Waals surface area contributed by atoms with E-state index in [9.17, 15) is 9.18 Å². The Hall–Kier alpha value is -1.10. The van der Waals surface area contributed by atoms with Crippen molar-refractivity contribution >= 4 is 27.6 Å². The maximum Gasteiger partial charge on any atom is 0.339 e. The summed E-state index contributed by atoms with van der Waals surface area (Å²) >= 11 is 2.95. The van der Waals surface area contributed by atoms with E-state index in [1.54, 1.807) is 6.92 Å². The second-order valence-electron chi connectivity index (χ2n) is 2.55. The van der Waals surface area contributed by atoms with Gasteiger partial charge in [-0.3, -0.25) is 0 Å². The summed E-state index contributed by atoms with van der Waals surface area (Å²) in [5, 5.41) is 0. The number of carbonyl (C=O) groups is 1. The van der Waals surface area contributed by atoms with Gasteiger partial charge in [-0.1, -0.05) is 0 Å². The topological polar surface area (TPSA) is 52.3 Å². The fourth-order valence-electron chi connectivity index (χ4n) is 0.931. The van der Waals surface area contributed by atoms with E-state index < -0.39 is 11.8 Å². The van der Waals surface area contributed by atoms with Crippen LogP contribution in [0, 0.1) is 5.82 Å². The summed E-state index contributed by atoms with van der Waals surface area (Å²) in [7, 11) is 0. The number of halogens is 2. The van der Waals surface area contributed by atoms with Gasteiger partial charge in [0.1, 0.15) is 0 Å². The van der Waals surface area contributed by atoms with Crippen LogP contribution < -0.4 is 5.73 Å². The molecule has 0 aliphatic carbocycles. The third kappa shape index (κ3) is 2.04. The van der Waals surface area contributed by atoms with Crippen molar-refractivity contribution in [2.24, 2.45) is 0 Å². The number of rotatable bonds is 2. The van der Waals surface area contributed by atoms with Crippen molar-refractivity contribution < 1.29 is 13.9 Å². The van der Waals surface area contributed by atoms with Crippen molar-refractivity contribution in [2.75, 3.05) is 12.3 Å². The maximum atomic E-state index is 13.2. The van der Waals surface area contributed by atoms with E-state index in [4.69, 9.17) is 10.5 Å². The Bertz CT molecular complexity index is 368. The van der Waals surface area contributed by atoms with Crippen molar-refractivity contribution in [3.63, 3.8) is 0 Å². The summed E-state index contributed by atoms with van der Waals surface area (Å²) in [5.41, 5.74) is 5.43. The molecule has 0 aliphatic heterocycles. The van der Waals surface area contributed by atoms with E-state index in [0.29, 0.717) is 0 Å². The van der Waals surface area contributed by atoms with Gasteiger partial charge in [-0.15, -0.1) is 0 Å². The molecule has 14 heavy (non-hydrogen) atoms. The van der Waals surface area contributed by atoms with Gasteiger partial charge in [-0.05, 0) is 35.0 Å². The highest BCUT2D eigenvalue weighted by Crippen LogP contribution is 2.25. The van der Waals surface area contributed by atoms with Crippen LogP contribution in [0.15, 0.2) is 16.6 Å². The lowest BCUT2D eigenvalue weighted by Crippen LogP contribution is -2.07. The number of nitrogen functional groups attached to an aromatic ring is 1. The molecule has 0 heterocycles. The third-order valence-electron chi connectivity index (χ3n) is 1.61. The van der Waals surface area contributed by atoms with E-state index >= 15 is 0 Å². The SMILES string of the molecule is CCOC(=O)c1ccc(N)c(F)c1Br. The van der Waals surface area contributed by atoms with Crippen molar-refractivity contribution in [3.8, 4) is 0 Å². The number of benzene rings is 1. The molecule has 5 heteroatoms. The van der Waals surface area contributed by atoms with Gasteiger partial charge in [0.25, 0.3) is 0 Å². The molecule has 0 atom stereocenters. The van der Waals surface area contributed by atoms with Crippen molar-refractivity contribution in [3.05, 3.63) is 28.0 Å². The maximum absolute atomic E-state index is 13.2. The Kier molecular flexibility index (Phi) is 3.46. The molecule has 0 bridgehead atoms. The van der Waals surface area contributed by atoms with Gasteiger partial charge < -0.3 is 10.5 Å². The number of nitrogens with two attached hydrogens (primary N) is 1. The molecule has 76 valence electrons. The zero-order valence-electron chi connectivity index (χ0n) is 7.51. The van der Waals surface area contributed by atoms with Crippen molar-refractivity contribution in [2.45, 2.75) is 6.92 Å². The number of carbonyl (C=O) groups excluding carboxylic acids is 1. The molecule has 0 spiro atoms. The first-order valence-corrected chi connectivity index (χ1v) is 4.77. The first-order valence-electron chi connectivity index (χ1n) is 3.98. The molecule has 0 aliphatic rings. The molecule has 3 nitrogen and oxygen atoms in total. The number of esters is 1. The molecule has 0 saturated carbocycles. The van der Waals surface area contributed by atoms with Gasteiger partial charge in [-0.25, -0.2) is 9.18 Å². The summed E-state index contributed by atoms with van der Waals surface area (Å²) < 4.78 is 18.0. The Balaban J connectivity index is 3.11. The molecular formula is C9H9BrFNO2. The normalized spacial score (nSPS) is 9.93. The summed E-state index contributed by atoms with van der Waals surface area (Å²) in [4.78, 5) is 11.3. The summed E-state index contributed by atoms with van der Waals surface area (Å²) in [5.74, 6) is -1.21. The Labute approximate surface area is 89.2 Å². The van der Waals surface area contributed by atoms with Crippen LogP contribution in [0.1, 0.15) is 17.3 Å². The summed E-state index contributed by atoms with van der Waals surface area (Å²) in [6, 6.07) is 2.74. The highest BCUT2D eigenvalue weighted by Gasteiger charge is 2.15. The monoisotopic (exact) mass is 261 g/mol. The van der Waals surface area contributed by atoms with Gasteiger partial charge in [0, 0.05) is 0 Å². The second-order valence-corrected chi connectivity index (χ2v) is 3.34. The molecule has 0 fully saturated rings. The smallest absolute Gasteiger partial charge is 0.339 e. The molecule has 0 unspecified atom stereocenters. The van der Waals surface area contributed by atoms with E-state index in [1.165, 1.54) is 12.1 Å². The average Bonchev–Trinajstić information content (AvgIpc) is 2.15. The van der Waals surface area contributed by atoms with Gasteiger partial charge in [-0.2, -0.15) is 0 Å². The van der Waals surface area contributed by atoms with Crippen molar-refractivity contribution in [1.82, 2.24) is 0 Å². The number of hydrogen-bond acceptors (Lipinski definition) is 3. The van der Waals surface area contributed by atoms with Crippen LogP contribution in [0.25, 0.3) is 0 Å². The standard InChI is InChI=1S/C9H9BrFNO2/c1-2-14-9(13)5-3-4-6(12)8(11)7(5)10/h3-4H,2,12H2,1H3. The fourth-order valence-corrected chi connectivity index (χ4v) is 1.45.